The van der Waals surface area contributed by atoms with Crippen LogP contribution in [0.5, 0.6) is 11.5 Å². The highest BCUT2D eigenvalue weighted by atomic mass is 35.5. The van der Waals surface area contributed by atoms with Gasteiger partial charge in [-0.2, -0.15) is 0 Å². The van der Waals surface area contributed by atoms with Gasteiger partial charge in [0.05, 0.1) is 13.2 Å². The number of benzene rings is 1. The normalized spacial score (nSPS) is 23.4. The van der Waals surface area contributed by atoms with Gasteiger partial charge in [-0.3, -0.25) is 0 Å². The summed E-state index contributed by atoms with van der Waals surface area (Å²) in [5.74, 6) is 1.50. The van der Waals surface area contributed by atoms with Crippen LogP contribution in [0.4, 0.5) is 0 Å². The number of rotatable bonds is 1. The van der Waals surface area contributed by atoms with Crippen LogP contribution in [-0.4, -0.2) is 13.2 Å². The minimum atomic E-state index is -0.324. The largest absolute Gasteiger partial charge is 0.489 e. The summed E-state index contributed by atoms with van der Waals surface area (Å²) in [5.41, 5.74) is 7.30. The van der Waals surface area contributed by atoms with Crippen molar-refractivity contribution in [2.24, 2.45) is 11.1 Å². The van der Waals surface area contributed by atoms with Crippen molar-refractivity contribution in [1.82, 2.24) is 0 Å². The van der Waals surface area contributed by atoms with Crippen molar-refractivity contribution in [3.8, 4) is 11.5 Å². The number of ether oxygens (including phenoxy) is 2. The van der Waals surface area contributed by atoms with Gasteiger partial charge in [0.2, 0.25) is 0 Å². The second-order valence-corrected chi connectivity index (χ2v) is 7.64. The highest BCUT2D eigenvalue weighted by molar-refractivity contribution is 6.31. The third-order valence-electron chi connectivity index (χ3n) is 4.55. The molecule has 0 bridgehead atoms. The van der Waals surface area contributed by atoms with Gasteiger partial charge in [-0.1, -0.05) is 44.7 Å². The smallest absolute Gasteiger partial charge is 0.162 e. The Morgan fingerprint density at radius 2 is 1.57 bits per heavy atom. The molecule has 1 fully saturated rings. The maximum Gasteiger partial charge on any atom is 0.162 e. The summed E-state index contributed by atoms with van der Waals surface area (Å²) < 4.78 is 11.8. The van der Waals surface area contributed by atoms with Crippen LogP contribution in [0.25, 0.3) is 0 Å². The molecule has 1 aromatic carbocycles. The molecule has 0 unspecified atom stereocenters. The zero-order chi connectivity index (χ0) is 15.1. The van der Waals surface area contributed by atoms with E-state index in [1.54, 1.807) is 0 Å². The van der Waals surface area contributed by atoms with Crippen LogP contribution in [0.1, 0.15) is 51.5 Å². The molecule has 0 radical (unpaired) electrons. The first kappa shape index (κ1) is 15.0. The Kier molecular flexibility index (Phi) is 3.83. The van der Waals surface area contributed by atoms with Gasteiger partial charge >= 0.3 is 0 Å². The number of hydrogen-bond donors (Lipinski definition) is 1. The van der Waals surface area contributed by atoms with E-state index in [0.717, 1.165) is 42.7 Å². The molecule has 21 heavy (non-hydrogen) atoms. The molecule has 1 aromatic rings. The Morgan fingerprint density at radius 3 is 2.19 bits per heavy atom. The summed E-state index contributed by atoms with van der Waals surface area (Å²) in [6.07, 6.45) is 5.55. The molecule has 116 valence electrons. The molecule has 0 atom stereocenters. The second-order valence-electron chi connectivity index (χ2n) is 7.24. The van der Waals surface area contributed by atoms with E-state index in [2.05, 4.69) is 13.8 Å². The molecule has 2 aliphatic rings. The van der Waals surface area contributed by atoms with Crippen molar-refractivity contribution in [2.75, 3.05) is 13.2 Å². The number of halogens is 1. The van der Waals surface area contributed by atoms with E-state index in [4.69, 9.17) is 26.8 Å². The lowest BCUT2D eigenvalue weighted by atomic mass is 9.77. The highest BCUT2D eigenvalue weighted by Gasteiger charge is 2.33. The Morgan fingerprint density at radius 1 is 1.00 bits per heavy atom. The molecular formula is C17H24ClNO2. The fourth-order valence-electron chi connectivity index (χ4n) is 3.18. The molecule has 1 saturated carbocycles. The third-order valence-corrected chi connectivity index (χ3v) is 4.87. The summed E-state index contributed by atoms with van der Waals surface area (Å²) in [4.78, 5) is 0. The summed E-state index contributed by atoms with van der Waals surface area (Å²) in [7, 11) is 0. The first-order valence-electron chi connectivity index (χ1n) is 7.78. The van der Waals surface area contributed by atoms with E-state index in [0.29, 0.717) is 18.2 Å². The number of nitrogens with two attached hydrogens (primary N) is 1. The predicted octanol–water partition coefficient (Wildman–Crippen LogP) is 4.26. The fourth-order valence-corrected chi connectivity index (χ4v) is 3.52. The maximum absolute atomic E-state index is 6.63. The molecule has 3 nitrogen and oxygen atoms in total. The van der Waals surface area contributed by atoms with E-state index < -0.39 is 0 Å². The molecule has 0 aromatic heterocycles. The molecule has 0 spiro atoms. The maximum atomic E-state index is 6.63. The van der Waals surface area contributed by atoms with Crippen molar-refractivity contribution >= 4 is 11.6 Å². The Hall–Kier alpha value is -0.930. The van der Waals surface area contributed by atoms with E-state index >= 15 is 0 Å². The number of fused-ring (bicyclic) bond motifs is 1. The topological polar surface area (TPSA) is 44.5 Å². The lowest BCUT2D eigenvalue weighted by molar-refractivity contribution is 0.140. The van der Waals surface area contributed by atoms with E-state index in [-0.39, 0.29) is 11.0 Å². The summed E-state index contributed by atoms with van der Waals surface area (Å²) in [6.45, 7) is 5.53. The van der Waals surface area contributed by atoms with Crippen molar-refractivity contribution in [2.45, 2.75) is 51.5 Å². The lowest BCUT2D eigenvalue weighted by Gasteiger charge is -2.35. The van der Waals surface area contributed by atoms with Crippen LogP contribution >= 0.6 is 11.6 Å². The molecule has 4 heteroatoms. The zero-order valence-electron chi connectivity index (χ0n) is 12.9. The summed E-state index contributed by atoms with van der Waals surface area (Å²) >= 11 is 6.49. The molecule has 2 N–H and O–H groups in total. The molecule has 0 saturated heterocycles. The van der Waals surface area contributed by atoms with Crippen LogP contribution in [0, 0.1) is 5.41 Å². The standard InChI is InChI=1S/C17H24ClNO2/c1-16(2)10-20-14-8-12(13(18)9-15(14)21-11-16)17(19)6-4-3-5-7-17/h8-9H,3-7,10-11,19H2,1-2H3. The van der Waals surface area contributed by atoms with Crippen LogP contribution in [0.2, 0.25) is 5.02 Å². The molecule has 0 amide bonds. The molecule has 1 aliphatic heterocycles. The second kappa shape index (κ2) is 5.36. The number of hydrogen-bond acceptors (Lipinski definition) is 3. The van der Waals surface area contributed by atoms with Crippen LogP contribution < -0.4 is 15.2 Å². The van der Waals surface area contributed by atoms with Gasteiger partial charge in [-0.15, -0.1) is 0 Å². The average Bonchev–Trinajstić information content (AvgIpc) is 2.58. The predicted molar refractivity (Wildman–Crippen MR) is 85.2 cm³/mol. The third kappa shape index (κ3) is 3.00. The molecule has 1 aliphatic carbocycles. The first-order chi connectivity index (χ1) is 9.90. The van der Waals surface area contributed by atoms with E-state index in [1.807, 2.05) is 12.1 Å². The van der Waals surface area contributed by atoms with Crippen molar-refractivity contribution < 1.29 is 9.47 Å². The van der Waals surface area contributed by atoms with Crippen molar-refractivity contribution in [3.63, 3.8) is 0 Å². The van der Waals surface area contributed by atoms with Gasteiger partial charge in [0.25, 0.3) is 0 Å². The Labute approximate surface area is 131 Å². The fraction of sp³-hybridized carbons (Fsp3) is 0.647. The van der Waals surface area contributed by atoms with Crippen LogP contribution in [0.15, 0.2) is 12.1 Å². The van der Waals surface area contributed by atoms with Gasteiger partial charge in [0.1, 0.15) is 0 Å². The van der Waals surface area contributed by atoms with Gasteiger partial charge in [-0.05, 0) is 24.5 Å². The molecule has 1 heterocycles. The lowest BCUT2D eigenvalue weighted by Crippen LogP contribution is -2.38. The zero-order valence-corrected chi connectivity index (χ0v) is 13.6. The minimum Gasteiger partial charge on any atom is -0.489 e. The SMILES string of the molecule is CC1(C)COc2cc(Cl)c(C3(N)CCCCC3)cc2OC1. The summed E-state index contributed by atoms with van der Waals surface area (Å²) in [6, 6.07) is 3.88. The van der Waals surface area contributed by atoms with Crippen LogP contribution in [-0.2, 0) is 5.54 Å². The van der Waals surface area contributed by atoms with E-state index in [9.17, 15) is 0 Å². The van der Waals surface area contributed by atoms with E-state index in [1.165, 1.54) is 6.42 Å². The molecular weight excluding hydrogens is 286 g/mol. The van der Waals surface area contributed by atoms with Gasteiger partial charge in [0.15, 0.2) is 11.5 Å². The van der Waals surface area contributed by atoms with Crippen molar-refractivity contribution in [1.29, 1.82) is 0 Å². The minimum absolute atomic E-state index is 0.00308. The van der Waals surface area contributed by atoms with Crippen LogP contribution in [0.3, 0.4) is 0 Å². The highest BCUT2D eigenvalue weighted by Crippen LogP contribution is 2.44. The van der Waals surface area contributed by atoms with Crippen molar-refractivity contribution in [3.05, 3.63) is 22.7 Å². The molecule has 3 rings (SSSR count). The Bertz CT molecular complexity index is 536. The average molecular weight is 310 g/mol. The van der Waals surface area contributed by atoms with Gasteiger partial charge in [0, 0.05) is 22.0 Å². The quantitative estimate of drug-likeness (QED) is 0.843. The summed E-state index contributed by atoms with van der Waals surface area (Å²) in [5, 5.41) is 0.696. The van der Waals surface area contributed by atoms with Gasteiger partial charge < -0.3 is 15.2 Å². The monoisotopic (exact) mass is 309 g/mol. The Balaban J connectivity index is 1.96. The van der Waals surface area contributed by atoms with Gasteiger partial charge in [-0.25, -0.2) is 0 Å². The first-order valence-corrected chi connectivity index (χ1v) is 8.16.